The van der Waals surface area contributed by atoms with Crippen LogP contribution < -0.4 is 10.9 Å². The molecule has 3 heterocycles. The molecule has 152 valence electrons. The molecule has 0 saturated carbocycles. The molecule has 2 aromatic heterocycles. The number of carbonyl (C=O) groups excluding carboxylic acids is 1. The molecule has 8 nitrogen and oxygen atoms in total. The molecule has 0 fully saturated rings. The van der Waals surface area contributed by atoms with Crippen molar-refractivity contribution in [3.8, 4) is 5.69 Å². The van der Waals surface area contributed by atoms with E-state index >= 15 is 0 Å². The summed E-state index contributed by atoms with van der Waals surface area (Å²) < 4.78 is 8.30. The quantitative estimate of drug-likeness (QED) is 0.491. The number of carbonyl (C=O) groups is 1. The van der Waals surface area contributed by atoms with Gasteiger partial charge >= 0.3 is 0 Å². The van der Waals surface area contributed by atoms with Gasteiger partial charge in [0.15, 0.2) is 10.8 Å². The molecule has 4 rings (SSSR count). The molecule has 1 aliphatic rings. The number of nitrogens with one attached hydrogen (secondary N) is 1. The average molecular weight is 414 g/mol. The van der Waals surface area contributed by atoms with Gasteiger partial charge in [-0.1, -0.05) is 29.5 Å². The van der Waals surface area contributed by atoms with Crippen LogP contribution in [0.25, 0.3) is 16.7 Å². The molecule has 1 aromatic carbocycles. The zero-order valence-corrected chi connectivity index (χ0v) is 17.5. The van der Waals surface area contributed by atoms with E-state index in [0.29, 0.717) is 35.1 Å². The fourth-order valence-corrected chi connectivity index (χ4v) is 4.71. The summed E-state index contributed by atoms with van der Waals surface area (Å²) in [5.41, 5.74) is 3.53. The Bertz CT molecular complexity index is 1140. The van der Waals surface area contributed by atoms with Crippen molar-refractivity contribution in [3.63, 3.8) is 0 Å². The van der Waals surface area contributed by atoms with E-state index in [9.17, 15) is 9.59 Å². The number of hydrogen-bond acceptors (Lipinski definition) is 6. The normalized spacial score (nSPS) is 15.6. The van der Waals surface area contributed by atoms with E-state index in [2.05, 4.69) is 16.5 Å². The van der Waals surface area contributed by atoms with Gasteiger partial charge in [0.05, 0.1) is 24.5 Å². The van der Waals surface area contributed by atoms with Crippen LogP contribution >= 0.6 is 11.8 Å². The summed E-state index contributed by atoms with van der Waals surface area (Å²) in [6.07, 6.45) is 1.80. The molecule has 0 spiro atoms. The molecule has 9 heteroatoms. The van der Waals surface area contributed by atoms with Gasteiger partial charge in [-0.3, -0.25) is 14.2 Å². The van der Waals surface area contributed by atoms with E-state index < -0.39 is 0 Å². The first-order valence-corrected chi connectivity index (χ1v) is 10.4. The number of aromatic nitrogens is 4. The van der Waals surface area contributed by atoms with Gasteiger partial charge in [-0.05, 0) is 25.5 Å². The summed E-state index contributed by atoms with van der Waals surface area (Å²) in [5.74, 6) is 0.544. The van der Waals surface area contributed by atoms with Gasteiger partial charge in [0.2, 0.25) is 5.91 Å². The predicted octanol–water partition coefficient (Wildman–Crippen LogP) is 2.00. The number of benzene rings is 1. The first-order valence-electron chi connectivity index (χ1n) is 9.46. The third-order valence-electron chi connectivity index (χ3n) is 5.00. The number of methoxy groups -OCH3 is 1. The number of hydrogen-bond donors (Lipinski definition) is 1. The fourth-order valence-electron chi connectivity index (χ4n) is 3.58. The number of aryl methyl sites for hydroxylation is 2. The highest BCUT2D eigenvalue weighted by Crippen LogP contribution is 2.33. The van der Waals surface area contributed by atoms with Crippen molar-refractivity contribution < 1.29 is 9.53 Å². The minimum Gasteiger partial charge on any atom is -0.383 e. The Hall–Kier alpha value is -2.65. The Morgan fingerprint density at radius 3 is 2.97 bits per heavy atom. The van der Waals surface area contributed by atoms with Crippen LogP contribution in [0.1, 0.15) is 23.6 Å². The van der Waals surface area contributed by atoms with Gasteiger partial charge in [0, 0.05) is 25.8 Å². The summed E-state index contributed by atoms with van der Waals surface area (Å²) in [6, 6.07) is 5.87. The Morgan fingerprint density at radius 2 is 2.21 bits per heavy atom. The van der Waals surface area contributed by atoms with Gasteiger partial charge in [0.1, 0.15) is 5.39 Å². The second-order valence-corrected chi connectivity index (χ2v) is 8.15. The number of rotatable bonds is 6. The number of fused-ring (bicyclic) bond motifs is 2. The van der Waals surface area contributed by atoms with Crippen LogP contribution in [0.2, 0.25) is 0 Å². The molecule has 0 aliphatic carbocycles. The third-order valence-corrected chi connectivity index (χ3v) is 6.10. The summed E-state index contributed by atoms with van der Waals surface area (Å²) >= 11 is 1.50. The molecule has 1 amide bonds. The number of amides is 1. The van der Waals surface area contributed by atoms with Crippen molar-refractivity contribution in [2.45, 2.75) is 31.5 Å². The van der Waals surface area contributed by atoms with Gasteiger partial charge in [-0.15, -0.1) is 0 Å². The van der Waals surface area contributed by atoms with Crippen LogP contribution in [0.3, 0.4) is 0 Å². The predicted molar refractivity (Wildman–Crippen MR) is 112 cm³/mol. The van der Waals surface area contributed by atoms with E-state index in [1.807, 2.05) is 26.0 Å². The highest BCUT2D eigenvalue weighted by molar-refractivity contribution is 7.99. The van der Waals surface area contributed by atoms with E-state index in [-0.39, 0.29) is 23.9 Å². The molecule has 1 atom stereocenters. The van der Waals surface area contributed by atoms with Crippen LogP contribution in [0, 0.1) is 13.8 Å². The van der Waals surface area contributed by atoms with Crippen molar-refractivity contribution in [2.75, 3.05) is 26.0 Å². The van der Waals surface area contributed by atoms with Gasteiger partial charge < -0.3 is 10.1 Å². The summed E-state index contributed by atoms with van der Waals surface area (Å²) in [4.78, 5) is 30.1. The van der Waals surface area contributed by atoms with E-state index in [0.717, 1.165) is 11.3 Å². The number of ether oxygens (including phenoxy) is 1. The first kappa shape index (κ1) is 19.7. The average Bonchev–Trinajstić information content (AvgIpc) is 3.27. The highest BCUT2D eigenvalue weighted by atomic mass is 32.2. The minimum atomic E-state index is -0.216. The summed E-state index contributed by atoms with van der Waals surface area (Å²) in [5, 5.41) is 8.33. The number of nitrogens with zero attached hydrogens (tertiary/aromatic N) is 4. The zero-order valence-electron chi connectivity index (χ0n) is 16.6. The Balaban J connectivity index is 1.68. The van der Waals surface area contributed by atoms with Crippen molar-refractivity contribution in [1.82, 2.24) is 24.6 Å². The van der Waals surface area contributed by atoms with Crippen molar-refractivity contribution >= 4 is 28.7 Å². The summed E-state index contributed by atoms with van der Waals surface area (Å²) in [7, 11) is 1.59. The van der Waals surface area contributed by atoms with Crippen molar-refractivity contribution in [3.05, 3.63) is 45.9 Å². The molecule has 1 unspecified atom stereocenters. The second-order valence-electron chi connectivity index (χ2n) is 7.16. The van der Waals surface area contributed by atoms with Crippen LogP contribution in [0.15, 0.2) is 34.3 Å². The molecule has 1 N–H and O–H groups in total. The highest BCUT2D eigenvalue weighted by Gasteiger charge is 2.29. The largest absolute Gasteiger partial charge is 0.383 e. The van der Waals surface area contributed by atoms with Crippen molar-refractivity contribution in [2.24, 2.45) is 0 Å². The molecule has 3 aromatic rings. The zero-order chi connectivity index (χ0) is 20.5. The SMILES string of the molecule is COCCNC(=O)CC1CSc2nc3c(cnn3-c3ccc(C)cc3C)c(=O)n21. The first-order chi connectivity index (χ1) is 14.0. The maximum atomic E-state index is 13.2. The fraction of sp³-hybridized carbons (Fsp3) is 0.400. The molecular formula is C20H23N5O3S. The lowest BCUT2D eigenvalue weighted by atomic mass is 10.1. The number of thioether (sulfide) groups is 1. The van der Waals surface area contributed by atoms with E-state index in [1.54, 1.807) is 22.6 Å². The van der Waals surface area contributed by atoms with E-state index in [1.165, 1.54) is 17.3 Å². The second kappa shape index (κ2) is 8.00. The molecule has 1 aliphatic heterocycles. The molecule has 0 radical (unpaired) electrons. The van der Waals surface area contributed by atoms with Crippen LogP contribution in [0.4, 0.5) is 0 Å². The van der Waals surface area contributed by atoms with Gasteiger partial charge in [-0.25, -0.2) is 9.67 Å². The standard InChI is InChI=1S/C20H23N5O3S/c1-12-4-5-16(13(2)8-12)25-18-15(10-22-25)19(27)24-14(11-29-20(24)23-18)9-17(26)21-6-7-28-3/h4-5,8,10,14H,6-7,9,11H2,1-3H3,(H,21,26). The minimum absolute atomic E-state index is 0.0986. The van der Waals surface area contributed by atoms with Crippen LogP contribution in [0.5, 0.6) is 0 Å². The Kier molecular flexibility index (Phi) is 5.42. The van der Waals surface area contributed by atoms with Crippen molar-refractivity contribution in [1.29, 1.82) is 0 Å². The topological polar surface area (TPSA) is 91.0 Å². The van der Waals surface area contributed by atoms with Gasteiger partial charge in [0.25, 0.3) is 5.56 Å². The molecule has 0 saturated heterocycles. The molecule has 0 bridgehead atoms. The molecular weight excluding hydrogens is 390 g/mol. The lowest BCUT2D eigenvalue weighted by molar-refractivity contribution is -0.121. The maximum absolute atomic E-state index is 13.2. The molecule has 29 heavy (non-hydrogen) atoms. The lowest BCUT2D eigenvalue weighted by Gasteiger charge is -2.13. The lowest BCUT2D eigenvalue weighted by Crippen LogP contribution is -2.32. The Morgan fingerprint density at radius 1 is 1.38 bits per heavy atom. The smallest absolute Gasteiger partial charge is 0.265 e. The monoisotopic (exact) mass is 413 g/mol. The van der Waals surface area contributed by atoms with Crippen LogP contribution in [-0.4, -0.2) is 51.3 Å². The maximum Gasteiger partial charge on any atom is 0.265 e. The van der Waals surface area contributed by atoms with Crippen LogP contribution in [-0.2, 0) is 9.53 Å². The van der Waals surface area contributed by atoms with E-state index in [4.69, 9.17) is 9.72 Å². The van der Waals surface area contributed by atoms with Gasteiger partial charge in [-0.2, -0.15) is 5.10 Å². The third kappa shape index (κ3) is 3.67. The summed E-state index contributed by atoms with van der Waals surface area (Å²) in [6.45, 7) is 4.97. The Labute approximate surface area is 172 Å².